The Hall–Kier alpha value is -2.80. The first kappa shape index (κ1) is 19.0. The average molecular weight is 388 g/mol. The summed E-state index contributed by atoms with van der Waals surface area (Å²) in [5.41, 5.74) is 2.29. The Morgan fingerprint density at radius 3 is 2.70 bits per heavy atom. The zero-order valence-corrected chi connectivity index (χ0v) is 16.1. The molecule has 0 bridgehead atoms. The van der Waals surface area contributed by atoms with Gasteiger partial charge >= 0.3 is 0 Å². The van der Waals surface area contributed by atoms with Crippen molar-refractivity contribution in [3.63, 3.8) is 0 Å². The van der Waals surface area contributed by atoms with Gasteiger partial charge in [-0.1, -0.05) is 11.6 Å². The highest BCUT2D eigenvalue weighted by atomic mass is 35.5. The maximum atomic E-state index is 12.2. The summed E-state index contributed by atoms with van der Waals surface area (Å²) in [6.07, 6.45) is 4.44. The van der Waals surface area contributed by atoms with E-state index in [0.717, 1.165) is 24.2 Å². The lowest BCUT2D eigenvalue weighted by Gasteiger charge is -2.07. The van der Waals surface area contributed by atoms with Gasteiger partial charge in [-0.3, -0.25) is 9.48 Å². The molecule has 8 heteroatoms. The summed E-state index contributed by atoms with van der Waals surface area (Å²) in [6.45, 7) is 5.40. The van der Waals surface area contributed by atoms with Crippen molar-refractivity contribution in [3.8, 4) is 5.75 Å². The average Bonchev–Trinajstić information content (AvgIpc) is 3.28. The number of halogens is 1. The Balaban J connectivity index is 1.43. The summed E-state index contributed by atoms with van der Waals surface area (Å²) < 4.78 is 9.11. The van der Waals surface area contributed by atoms with Gasteiger partial charge in [-0.05, 0) is 56.2 Å². The molecule has 2 aromatic heterocycles. The van der Waals surface area contributed by atoms with Crippen LogP contribution < -0.4 is 10.1 Å². The van der Waals surface area contributed by atoms with E-state index in [0.29, 0.717) is 23.0 Å². The first-order valence-corrected chi connectivity index (χ1v) is 9.10. The van der Waals surface area contributed by atoms with Crippen LogP contribution in [0.3, 0.4) is 0 Å². The molecule has 0 saturated heterocycles. The summed E-state index contributed by atoms with van der Waals surface area (Å²) in [6, 6.07) is 9.08. The molecule has 0 unspecified atom stereocenters. The van der Waals surface area contributed by atoms with Crippen LogP contribution in [0, 0.1) is 13.8 Å². The fourth-order valence-electron chi connectivity index (χ4n) is 2.52. The van der Waals surface area contributed by atoms with E-state index < -0.39 is 0 Å². The number of nitrogens with one attached hydrogen (secondary N) is 1. The van der Waals surface area contributed by atoms with Gasteiger partial charge in [-0.15, -0.1) is 0 Å². The molecule has 0 spiro atoms. The minimum Gasteiger partial charge on any atom is -0.471 e. The van der Waals surface area contributed by atoms with E-state index in [-0.39, 0.29) is 12.6 Å². The lowest BCUT2D eigenvalue weighted by atomic mass is 10.2. The van der Waals surface area contributed by atoms with Gasteiger partial charge in [-0.2, -0.15) is 10.2 Å². The summed E-state index contributed by atoms with van der Waals surface area (Å²) in [5.74, 6) is 0.500. The summed E-state index contributed by atoms with van der Waals surface area (Å²) >= 11 is 6.00. The van der Waals surface area contributed by atoms with Crippen LogP contribution in [0.1, 0.15) is 28.2 Å². The molecule has 27 heavy (non-hydrogen) atoms. The molecule has 0 radical (unpaired) electrons. The van der Waals surface area contributed by atoms with Crippen LogP contribution in [0.25, 0.3) is 0 Å². The maximum Gasteiger partial charge on any atom is 0.271 e. The number of carbonyl (C=O) groups is 1. The van der Waals surface area contributed by atoms with E-state index in [1.165, 1.54) is 0 Å². The molecule has 1 N–H and O–H groups in total. The van der Waals surface area contributed by atoms with Gasteiger partial charge in [0.15, 0.2) is 6.73 Å². The van der Waals surface area contributed by atoms with Gasteiger partial charge in [0.25, 0.3) is 5.91 Å². The second kappa shape index (κ2) is 8.73. The molecule has 1 aromatic carbocycles. The second-order valence-corrected chi connectivity index (χ2v) is 6.66. The molecule has 0 aliphatic rings. The van der Waals surface area contributed by atoms with Crippen LogP contribution in [0.4, 0.5) is 0 Å². The number of aromatic nitrogens is 4. The SMILES string of the molecule is Cc1ccn(CCCNC(=O)c2ccn(COc3ccc(Cl)c(C)c3)n2)n1. The minimum absolute atomic E-state index is 0.201. The largest absolute Gasteiger partial charge is 0.471 e. The van der Waals surface area contributed by atoms with Crippen molar-refractivity contribution >= 4 is 17.5 Å². The van der Waals surface area contributed by atoms with Crippen molar-refractivity contribution in [2.45, 2.75) is 33.5 Å². The molecule has 142 valence electrons. The summed E-state index contributed by atoms with van der Waals surface area (Å²) in [4.78, 5) is 12.2. The molecule has 1 amide bonds. The Morgan fingerprint density at radius 2 is 1.96 bits per heavy atom. The first-order valence-electron chi connectivity index (χ1n) is 8.72. The normalized spacial score (nSPS) is 10.8. The molecule has 0 saturated carbocycles. The topological polar surface area (TPSA) is 74.0 Å². The number of hydrogen-bond donors (Lipinski definition) is 1. The van der Waals surface area contributed by atoms with Gasteiger partial charge in [0.2, 0.25) is 0 Å². The molecular formula is C19H22ClN5O2. The molecule has 0 fully saturated rings. The van der Waals surface area contributed by atoms with E-state index in [1.54, 1.807) is 29.1 Å². The van der Waals surface area contributed by atoms with Crippen LogP contribution >= 0.6 is 11.6 Å². The van der Waals surface area contributed by atoms with Gasteiger partial charge in [0, 0.05) is 30.5 Å². The van der Waals surface area contributed by atoms with Crippen molar-refractivity contribution in [2.24, 2.45) is 0 Å². The first-order chi connectivity index (χ1) is 13.0. The lowest BCUT2D eigenvalue weighted by Crippen LogP contribution is -2.26. The Labute approximate surface area is 162 Å². The number of benzene rings is 1. The van der Waals surface area contributed by atoms with Crippen molar-refractivity contribution in [1.29, 1.82) is 0 Å². The predicted molar refractivity (Wildman–Crippen MR) is 103 cm³/mol. The van der Waals surface area contributed by atoms with E-state index >= 15 is 0 Å². The van der Waals surface area contributed by atoms with E-state index in [4.69, 9.17) is 16.3 Å². The quantitative estimate of drug-likeness (QED) is 0.602. The highest BCUT2D eigenvalue weighted by Gasteiger charge is 2.09. The zero-order valence-electron chi connectivity index (χ0n) is 15.4. The molecule has 0 aliphatic carbocycles. The fraction of sp³-hybridized carbons (Fsp3) is 0.316. The van der Waals surface area contributed by atoms with E-state index in [2.05, 4.69) is 15.5 Å². The van der Waals surface area contributed by atoms with Gasteiger partial charge in [0.05, 0.1) is 5.69 Å². The van der Waals surface area contributed by atoms with Crippen molar-refractivity contribution in [3.05, 3.63) is 64.7 Å². The van der Waals surface area contributed by atoms with Crippen molar-refractivity contribution in [2.75, 3.05) is 6.54 Å². The van der Waals surface area contributed by atoms with Crippen LogP contribution in [-0.2, 0) is 13.3 Å². The molecule has 0 atom stereocenters. The molecule has 7 nitrogen and oxygen atoms in total. The number of carbonyl (C=O) groups excluding carboxylic acids is 1. The third kappa shape index (κ3) is 5.34. The highest BCUT2D eigenvalue weighted by Crippen LogP contribution is 2.21. The summed E-state index contributed by atoms with van der Waals surface area (Å²) in [5, 5.41) is 12.1. The molecule has 3 rings (SSSR count). The molecular weight excluding hydrogens is 366 g/mol. The number of rotatable bonds is 8. The Bertz CT molecular complexity index is 918. The minimum atomic E-state index is -0.201. The van der Waals surface area contributed by atoms with Gasteiger partial charge < -0.3 is 10.1 Å². The van der Waals surface area contributed by atoms with E-state index in [1.807, 2.05) is 36.9 Å². The molecule has 2 heterocycles. The van der Waals surface area contributed by atoms with Crippen LogP contribution in [0.15, 0.2) is 42.7 Å². The Kier molecular flexibility index (Phi) is 6.13. The van der Waals surface area contributed by atoms with Crippen LogP contribution in [0.2, 0.25) is 5.02 Å². The zero-order chi connectivity index (χ0) is 19.2. The third-order valence-corrected chi connectivity index (χ3v) is 4.41. The second-order valence-electron chi connectivity index (χ2n) is 6.25. The number of nitrogens with zero attached hydrogens (tertiary/aromatic N) is 4. The third-order valence-electron chi connectivity index (χ3n) is 3.99. The van der Waals surface area contributed by atoms with Crippen molar-refractivity contribution < 1.29 is 9.53 Å². The lowest BCUT2D eigenvalue weighted by molar-refractivity contribution is 0.0945. The van der Waals surface area contributed by atoms with Crippen LogP contribution in [-0.4, -0.2) is 32.0 Å². The van der Waals surface area contributed by atoms with Gasteiger partial charge in [-0.25, -0.2) is 4.68 Å². The fourth-order valence-corrected chi connectivity index (χ4v) is 2.64. The number of aryl methyl sites for hydroxylation is 3. The van der Waals surface area contributed by atoms with Gasteiger partial charge in [0.1, 0.15) is 11.4 Å². The smallest absolute Gasteiger partial charge is 0.271 e. The number of ether oxygens (including phenoxy) is 1. The maximum absolute atomic E-state index is 12.2. The summed E-state index contributed by atoms with van der Waals surface area (Å²) in [7, 11) is 0. The Morgan fingerprint density at radius 1 is 1.15 bits per heavy atom. The molecule has 3 aromatic rings. The molecule has 0 aliphatic heterocycles. The monoisotopic (exact) mass is 387 g/mol. The number of hydrogen-bond acceptors (Lipinski definition) is 4. The standard InChI is InChI=1S/C19H22ClN5O2/c1-14-12-16(4-5-17(14)20)27-13-25-11-7-18(23-25)19(26)21-8-3-9-24-10-6-15(2)22-24/h4-7,10-12H,3,8-9,13H2,1-2H3,(H,21,26). The van der Waals surface area contributed by atoms with E-state index in [9.17, 15) is 4.79 Å². The number of amides is 1. The highest BCUT2D eigenvalue weighted by molar-refractivity contribution is 6.31. The van der Waals surface area contributed by atoms with Crippen LogP contribution in [0.5, 0.6) is 5.75 Å². The van der Waals surface area contributed by atoms with Crippen molar-refractivity contribution in [1.82, 2.24) is 24.9 Å². The predicted octanol–water partition coefficient (Wildman–Crippen LogP) is 3.21.